The highest BCUT2D eigenvalue weighted by Crippen LogP contribution is 2.32. The molecule has 36 heavy (non-hydrogen) atoms. The van der Waals surface area contributed by atoms with E-state index in [4.69, 9.17) is 4.74 Å². The second kappa shape index (κ2) is 11.4. The first-order valence-electron chi connectivity index (χ1n) is 12.2. The molecule has 0 radical (unpaired) electrons. The van der Waals surface area contributed by atoms with Gasteiger partial charge in [0.2, 0.25) is 5.82 Å². The zero-order valence-corrected chi connectivity index (χ0v) is 20.4. The van der Waals surface area contributed by atoms with Gasteiger partial charge in [0.15, 0.2) is 23.2 Å². The van der Waals surface area contributed by atoms with E-state index in [9.17, 15) is 17.6 Å². The van der Waals surface area contributed by atoms with Gasteiger partial charge in [-0.2, -0.15) is 4.39 Å². The Morgan fingerprint density at radius 2 is 1.14 bits per heavy atom. The predicted octanol–water partition coefficient (Wildman–Crippen LogP) is 9.06. The monoisotopic (exact) mass is 492 g/mol. The van der Waals surface area contributed by atoms with Gasteiger partial charge in [-0.25, -0.2) is 13.2 Å². The predicted molar refractivity (Wildman–Crippen MR) is 136 cm³/mol. The van der Waals surface area contributed by atoms with E-state index in [2.05, 4.69) is 0 Å². The van der Waals surface area contributed by atoms with Crippen LogP contribution in [-0.2, 0) is 19.4 Å². The second-order valence-corrected chi connectivity index (χ2v) is 8.78. The zero-order valence-electron chi connectivity index (χ0n) is 20.4. The normalized spacial score (nSPS) is 11.1. The Kier molecular flexibility index (Phi) is 8.09. The van der Waals surface area contributed by atoms with Crippen LogP contribution in [0, 0.1) is 23.3 Å². The van der Waals surface area contributed by atoms with Crippen LogP contribution in [0.1, 0.15) is 43.4 Å². The van der Waals surface area contributed by atoms with E-state index in [1.807, 2.05) is 26.0 Å². The van der Waals surface area contributed by atoms with Gasteiger partial charge < -0.3 is 4.74 Å². The Labute approximate surface area is 209 Å². The summed E-state index contributed by atoms with van der Waals surface area (Å²) in [5, 5.41) is 0. The zero-order chi connectivity index (χ0) is 25.7. The smallest absolute Gasteiger partial charge is 0.200 e. The molecule has 0 bridgehead atoms. The van der Waals surface area contributed by atoms with Gasteiger partial charge in [-0.3, -0.25) is 0 Å². The minimum Gasteiger partial charge on any atom is -0.486 e. The number of aryl methyl sites for hydroxylation is 2. The van der Waals surface area contributed by atoms with Crippen LogP contribution < -0.4 is 4.74 Å². The van der Waals surface area contributed by atoms with Crippen LogP contribution in [0.25, 0.3) is 22.3 Å². The maximum absolute atomic E-state index is 15.0. The van der Waals surface area contributed by atoms with Gasteiger partial charge in [0, 0.05) is 11.1 Å². The summed E-state index contributed by atoms with van der Waals surface area (Å²) >= 11 is 0. The van der Waals surface area contributed by atoms with Crippen LogP contribution in [-0.4, -0.2) is 0 Å². The van der Waals surface area contributed by atoms with E-state index in [-0.39, 0.29) is 23.5 Å². The lowest BCUT2D eigenvalue weighted by molar-refractivity contribution is 0.284. The molecule has 0 heterocycles. The molecule has 0 aromatic heterocycles. The largest absolute Gasteiger partial charge is 0.486 e. The summed E-state index contributed by atoms with van der Waals surface area (Å²) < 4.78 is 64.0. The fourth-order valence-electron chi connectivity index (χ4n) is 4.10. The molecular weight excluding hydrogens is 464 g/mol. The first-order chi connectivity index (χ1) is 17.4. The summed E-state index contributed by atoms with van der Waals surface area (Å²) in [6.07, 6.45) is 3.02. The highest BCUT2D eigenvalue weighted by molar-refractivity contribution is 5.72. The number of rotatable bonds is 9. The van der Waals surface area contributed by atoms with Gasteiger partial charge in [-0.05, 0) is 53.1 Å². The van der Waals surface area contributed by atoms with E-state index in [0.29, 0.717) is 28.7 Å². The van der Waals surface area contributed by atoms with Crippen molar-refractivity contribution < 1.29 is 22.3 Å². The van der Waals surface area contributed by atoms with Crippen molar-refractivity contribution in [2.45, 2.75) is 46.1 Å². The molecule has 0 unspecified atom stereocenters. The minimum absolute atomic E-state index is 0.00842. The molecule has 0 aliphatic carbocycles. The second-order valence-electron chi connectivity index (χ2n) is 8.78. The minimum atomic E-state index is -0.998. The van der Waals surface area contributed by atoms with Crippen molar-refractivity contribution in [3.8, 4) is 28.0 Å². The van der Waals surface area contributed by atoms with Crippen LogP contribution in [0.3, 0.4) is 0 Å². The van der Waals surface area contributed by atoms with Gasteiger partial charge in [0.25, 0.3) is 0 Å². The number of unbranched alkanes of at least 4 members (excludes halogenated alkanes) is 1. The van der Waals surface area contributed by atoms with E-state index in [1.54, 1.807) is 54.6 Å². The van der Waals surface area contributed by atoms with Gasteiger partial charge in [0.05, 0.1) is 0 Å². The molecule has 4 aromatic carbocycles. The van der Waals surface area contributed by atoms with Crippen LogP contribution in [0.5, 0.6) is 5.75 Å². The summed E-state index contributed by atoms with van der Waals surface area (Å²) in [5.41, 5.74) is 3.61. The lowest BCUT2D eigenvalue weighted by Crippen LogP contribution is -2.02. The summed E-state index contributed by atoms with van der Waals surface area (Å²) in [6.45, 7) is 4.03. The lowest BCUT2D eigenvalue weighted by Gasteiger charge is -2.12. The van der Waals surface area contributed by atoms with Crippen LogP contribution in [0.4, 0.5) is 17.6 Å². The van der Waals surface area contributed by atoms with Crippen molar-refractivity contribution in [1.29, 1.82) is 0 Å². The van der Waals surface area contributed by atoms with Crippen molar-refractivity contribution >= 4 is 0 Å². The molecule has 186 valence electrons. The molecule has 0 aliphatic heterocycles. The molecule has 0 aliphatic rings. The highest BCUT2D eigenvalue weighted by Gasteiger charge is 2.17. The van der Waals surface area contributed by atoms with Gasteiger partial charge in [0.1, 0.15) is 6.61 Å². The van der Waals surface area contributed by atoms with Crippen molar-refractivity contribution in [2.24, 2.45) is 0 Å². The van der Waals surface area contributed by atoms with E-state index in [0.717, 1.165) is 24.8 Å². The SMILES string of the molecule is CCCCc1ccc(OCc2ccc(-c3ccc(-c4ccc(CC)cc4)c(F)c3F)cc2)c(F)c1F. The molecule has 0 spiro atoms. The Bertz CT molecular complexity index is 1330. The standard InChI is InChI=1S/C31H28F4O/c1-3-5-6-24-15-18-27(31(35)28(24)32)36-19-21-9-13-23(14-10-21)26-17-16-25(29(33)30(26)34)22-11-7-20(4-2)8-12-22/h7-18H,3-6,19H2,1-2H3. The molecule has 0 atom stereocenters. The lowest BCUT2D eigenvalue weighted by atomic mass is 9.97. The number of hydrogen-bond acceptors (Lipinski definition) is 1. The van der Waals surface area contributed by atoms with Gasteiger partial charge in [-0.15, -0.1) is 0 Å². The molecule has 4 aromatic rings. The quantitative estimate of drug-likeness (QED) is 0.212. The first kappa shape index (κ1) is 25.5. The average molecular weight is 493 g/mol. The number of hydrogen-bond donors (Lipinski definition) is 0. The molecule has 1 nitrogen and oxygen atoms in total. The number of benzene rings is 4. The average Bonchev–Trinajstić information content (AvgIpc) is 2.91. The maximum atomic E-state index is 15.0. The van der Waals surface area contributed by atoms with Crippen LogP contribution in [0.2, 0.25) is 0 Å². The molecule has 0 saturated carbocycles. The topological polar surface area (TPSA) is 9.23 Å². The summed E-state index contributed by atoms with van der Waals surface area (Å²) in [7, 11) is 0. The van der Waals surface area contributed by atoms with Gasteiger partial charge in [-0.1, -0.05) is 87.0 Å². The Hall–Kier alpha value is -3.60. The Morgan fingerprint density at radius 1 is 0.583 bits per heavy atom. The van der Waals surface area contributed by atoms with Crippen molar-refractivity contribution in [2.75, 3.05) is 0 Å². The van der Waals surface area contributed by atoms with Gasteiger partial charge >= 0.3 is 0 Å². The van der Waals surface area contributed by atoms with E-state index >= 15 is 0 Å². The summed E-state index contributed by atoms with van der Waals surface area (Å²) in [4.78, 5) is 0. The van der Waals surface area contributed by atoms with Crippen LogP contribution in [0.15, 0.2) is 72.8 Å². The number of halogens is 4. The van der Waals surface area contributed by atoms with E-state index in [1.165, 1.54) is 6.07 Å². The Balaban J connectivity index is 1.48. The highest BCUT2D eigenvalue weighted by atomic mass is 19.2. The summed E-state index contributed by atoms with van der Waals surface area (Å²) in [6, 6.07) is 20.2. The van der Waals surface area contributed by atoms with Crippen molar-refractivity contribution in [3.05, 3.63) is 113 Å². The van der Waals surface area contributed by atoms with E-state index < -0.39 is 23.3 Å². The molecule has 0 amide bonds. The third-order valence-electron chi connectivity index (χ3n) is 6.34. The first-order valence-corrected chi connectivity index (χ1v) is 12.2. The Morgan fingerprint density at radius 3 is 1.67 bits per heavy atom. The fourth-order valence-corrected chi connectivity index (χ4v) is 4.10. The fraction of sp³-hybridized carbons (Fsp3) is 0.226. The molecule has 4 rings (SSSR count). The molecular formula is C31H28F4O. The molecule has 5 heteroatoms. The molecule has 0 N–H and O–H groups in total. The third-order valence-corrected chi connectivity index (χ3v) is 6.34. The summed E-state index contributed by atoms with van der Waals surface area (Å²) in [5.74, 6) is -3.85. The number of ether oxygens (including phenoxy) is 1. The molecule has 0 fully saturated rings. The third kappa shape index (κ3) is 5.46. The van der Waals surface area contributed by atoms with Crippen molar-refractivity contribution in [1.82, 2.24) is 0 Å². The molecule has 0 saturated heterocycles. The van der Waals surface area contributed by atoms with Crippen molar-refractivity contribution in [3.63, 3.8) is 0 Å². The maximum Gasteiger partial charge on any atom is 0.200 e. The van der Waals surface area contributed by atoms with Crippen LogP contribution >= 0.6 is 0 Å².